The largest absolute Gasteiger partial charge is 0.496 e. The Hall–Kier alpha value is -3.07. The van der Waals surface area contributed by atoms with E-state index in [1.54, 1.807) is 18.2 Å². The summed E-state index contributed by atoms with van der Waals surface area (Å²) in [6.45, 7) is 3.46. The van der Waals surface area contributed by atoms with Gasteiger partial charge in [0.15, 0.2) is 6.10 Å². The smallest absolute Gasteiger partial charge is 0.307 e. The first-order chi connectivity index (χ1) is 13.8. The van der Waals surface area contributed by atoms with E-state index in [-0.39, 0.29) is 12.4 Å². The molecule has 1 aliphatic rings. The first-order valence-corrected chi connectivity index (χ1v) is 8.83. The number of rotatable bonds is 7. The number of carbonyl (C=O) groups is 3. The highest BCUT2D eigenvalue weighted by atomic mass is 16.6. The molecule has 0 amide bonds. The predicted molar refractivity (Wildman–Crippen MR) is 99.2 cm³/mol. The summed E-state index contributed by atoms with van der Waals surface area (Å²) in [6.07, 6.45) is -1.29. The van der Waals surface area contributed by atoms with Gasteiger partial charge in [-0.2, -0.15) is 0 Å². The number of methoxy groups -OCH3 is 2. The maximum Gasteiger partial charge on any atom is 0.307 e. The van der Waals surface area contributed by atoms with Crippen LogP contribution in [0.1, 0.15) is 32.4 Å². The number of hydrogen-bond donors (Lipinski definition) is 0. The lowest BCUT2D eigenvalue weighted by atomic mass is 9.99. The minimum Gasteiger partial charge on any atom is -0.496 e. The first-order valence-electron chi connectivity index (χ1n) is 8.83. The fourth-order valence-corrected chi connectivity index (χ4v) is 2.93. The molecule has 1 heterocycles. The Morgan fingerprint density at radius 2 is 1.59 bits per heavy atom. The highest BCUT2D eigenvalue weighted by Gasteiger charge is 2.40. The Labute approximate surface area is 168 Å². The van der Waals surface area contributed by atoms with Crippen LogP contribution in [0.15, 0.2) is 30.0 Å². The Morgan fingerprint density at radius 1 is 0.966 bits per heavy atom. The van der Waals surface area contributed by atoms with E-state index < -0.39 is 36.2 Å². The maximum absolute atomic E-state index is 11.6. The Balaban J connectivity index is 2.54. The van der Waals surface area contributed by atoms with Crippen LogP contribution in [-0.4, -0.2) is 50.9 Å². The SMILES string of the molecule is COc1cccc(OC)c1[C@@H]1C=C(OC(C)=O)[C@H](OC(C)=O)[C@@H](COC(C)=O)O1. The van der Waals surface area contributed by atoms with Gasteiger partial charge in [-0.15, -0.1) is 0 Å². The molecule has 0 saturated carbocycles. The van der Waals surface area contributed by atoms with Crippen LogP contribution in [0.3, 0.4) is 0 Å². The molecule has 0 N–H and O–H groups in total. The monoisotopic (exact) mass is 408 g/mol. The lowest BCUT2D eigenvalue weighted by Gasteiger charge is -2.35. The van der Waals surface area contributed by atoms with Gasteiger partial charge < -0.3 is 28.4 Å². The highest BCUT2D eigenvalue weighted by Crippen LogP contribution is 2.41. The van der Waals surface area contributed by atoms with E-state index in [1.165, 1.54) is 41.1 Å². The third-order valence-electron chi connectivity index (χ3n) is 4.01. The Kier molecular flexibility index (Phi) is 7.60. The number of esters is 3. The molecule has 0 saturated heterocycles. The second kappa shape index (κ2) is 9.92. The highest BCUT2D eigenvalue weighted by molar-refractivity contribution is 5.69. The molecule has 0 aromatic heterocycles. The van der Waals surface area contributed by atoms with Crippen LogP contribution in [0, 0.1) is 0 Å². The first kappa shape index (κ1) is 22.2. The van der Waals surface area contributed by atoms with E-state index in [1.807, 2.05) is 0 Å². The summed E-state index contributed by atoms with van der Waals surface area (Å²) < 4.78 is 32.5. The van der Waals surface area contributed by atoms with Crippen LogP contribution in [0.4, 0.5) is 0 Å². The van der Waals surface area contributed by atoms with Crippen LogP contribution in [0.25, 0.3) is 0 Å². The van der Waals surface area contributed by atoms with Crippen LogP contribution in [0.5, 0.6) is 11.5 Å². The second-order valence-electron chi connectivity index (χ2n) is 6.17. The molecule has 0 fully saturated rings. The van der Waals surface area contributed by atoms with E-state index in [4.69, 9.17) is 28.4 Å². The van der Waals surface area contributed by atoms with Crippen LogP contribution in [0.2, 0.25) is 0 Å². The van der Waals surface area contributed by atoms with Gasteiger partial charge in [0.25, 0.3) is 0 Å². The van der Waals surface area contributed by atoms with Gasteiger partial charge in [0.05, 0.1) is 19.8 Å². The van der Waals surface area contributed by atoms with Crippen molar-refractivity contribution in [2.75, 3.05) is 20.8 Å². The van der Waals surface area contributed by atoms with Crippen LogP contribution in [-0.2, 0) is 33.3 Å². The van der Waals surface area contributed by atoms with E-state index >= 15 is 0 Å². The molecule has 1 aromatic rings. The summed E-state index contributed by atoms with van der Waals surface area (Å²) in [7, 11) is 2.99. The summed E-state index contributed by atoms with van der Waals surface area (Å²) in [5.74, 6) is -0.737. The van der Waals surface area contributed by atoms with E-state index in [2.05, 4.69) is 0 Å². The van der Waals surface area contributed by atoms with Crippen molar-refractivity contribution in [1.29, 1.82) is 0 Å². The van der Waals surface area contributed by atoms with Crippen LogP contribution >= 0.6 is 0 Å². The van der Waals surface area contributed by atoms with Gasteiger partial charge in [0.2, 0.25) is 0 Å². The Morgan fingerprint density at radius 3 is 2.07 bits per heavy atom. The average Bonchev–Trinajstić information content (AvgIpc) is 2.66. The standard InChI is InChI=1S/C20H24O9/c1-11(21)26-10-18-20(28-13(3)23)17(27-12(2)22)9-16(29-18)19-14(24-4)7-6-8-15(19)25-5/h6-9,16,18,20H,10H2,1-5H3/t16-,18+,20-/m0/s1. The molecule has 1 aliphatic heterocycles. The van der Waals surface area contributed by atoms with Gasteiger partial charge in [0.1, 0.15) is 36.1 Å². The van der Waals surface area contributed by atoms with Gasteiger partial charge in [-0.25, -0.2) is 0 Å². The fraction of sp³-hybridized carbons (Fsp3) is 0.450. The lowest BCUT2D eigenvalue weighted by molar-refractivity contribution is -0.173. The van der Waals surface area contributed by atoms with Crippen molar-refractivity contribution in [3.05, 3.63) is 35.6 Å². The molecule has 1 aromatic carbocycles. The van der Waals surface area contributed by atoms with Crippen molar-refractivity contribution in [2.45, 2.75) is 39.1 Å². The van der Waals surface area contributed by atoms with Gasteiger partial charge in [-0.05, 0) is 18.2 Å². The van der Waals surface area contributed by atoms with Crippen molar-refractivity contribution >= 4 is 17.9 Å². The minimum absolute atomic E-state index is 0.0639. The normalized spacial score (nSPS) is 20.9. The molecule has 158 valence electrons. The lowest BCUT2D eigenvalue weighted by Crippen LogP contribution is -2.43. The van der Waals surface area contributed by atoms with Crippen molar-refractivity contribution in [2.24, 2.45) is 0 Å². The summed E-state index contributed by atoms with van der Waals surface area (Å²) in [4.78, 5) is 34.5. The number of benzene rings is 1. The third-order valence-corrected chi connectivity index (χ3v) is 4.01. The molecule has 0 aliphatic carbocycles. The minimum atomic E-state index is -1.08. The van der Waals surface area contributed by atoms with E-state index in [0.717, 1.165) is 0 Å². The molecule has 9 nitrogen and oxygen atoms in total. The summed E-state index contributed by atoms with van der Waals surface area (Å²) in [5.41, 5.74) is 0.538. The zero-order valence-electron chi connectivity index (χ0n) is 16.9. The zero-order valence-corrected chi connectivity index (χ0v) is 16.9. The van der Waals surface area contributed by atoms with Crippen molar-refractivity contribution in [3.8, 4) is 11.5 Å². The second-order valence-corrected chi connectivity index (χ2v) is 6.17. The fourth-order valence-electron chi connectivity index (χ4n) is 2.93. The number of carbonyl (C=O) groups excluding carboxylic acids is 3. The number of hydrogen-bond acceptors (Lipinski definition) is 9. The van der Waals surface area contributed by atoms with Crippen molar-refractivity contribution in [1.82, 2.24) is 0 Å². The van der Waals surface area contributed by atoms with Gasteiger partial charge in [-0.3, -0.25) is 14.4 Å². The molecule has 0 bridgehead atoms. The molecule has 0 radical (unpaired) electrons. The summed E-state index contributed by atoms with van der Waals surface area (Å²) in [5, 5.41) is 0. The number of ether oxygens (including phenoxy) is 6. The Bertz CT molecular complexity index is 777. The quantitative estimate of drug-likeness (QED) is 0.495. The molecule has 0 spiro atoms. The molecule has 2 rings (SSSR count). The van der Waals surface area contributed by atoms with Crippen LogP contribution < -0.4 is 9.47 Å². The average molecular weight is 408 g/mol. The topological polar surface area (TPSA) is 107 Å². The summed E-state index contributed by atoms with van der Waals surface area (Å²) in [6, 6.07) is 5.19. The zero-order chi connectivity index (χ0) is 21.6. The van der Waals surface area contributed by atoms with E-state index in [9.17, 15) is 14.4 Å². The van der Waals surface area contributed by atoms with Crippen molar-refractivity contribution < 1.29 is 42.8 Å². The third kappa shape index (κ3) is 5.71. The molecule has 29 heavy (non-hydrogen) atoms. The van der Waals surface area contributed by atoms with Crippen molar-refractivity contribution in [3.63, 3.8) is 0 Å². The predicted octanol–water partition coefficient (Wildman–Crippen LogP) is 2.09. The molecular weight excluding hydrogens is 384 g/mol. The van der Waals surface area contributed by atoms with E-state index in [0.29, 0.717) is 17.1 Å². The molecule has 9 heteroatoms. The molecular formula is C20H24O9. The molecule has 3 atom stereocenters. The van der Waals surface area contributed by atoms with Gasteiger partial charge in [0, 0.05) is 20.8 Å². The van der Waals surface area contributed by atoms with Gasteiger partial charge >= 0.3 is 17.9 Å². The molecule has 0 unspecified atom stereocenters. The van der Waals surface area contributed by atoms with Gasteiger partial charge in [-0.1, -0.05) is 6.07 Å². The summed E-state index contributed by atoms with van der Waals surface area (Å²) >= 11 is 0. The maximum atomic E-state index is 11.6.